The van der Waals surface area contributed by atoms with Crippen LogP contribution < -0.4 is 15.0 Å². The number of amides is 1. The van der Waals surface area contributed by atoms with E-state index in [0.717, 1.165) is 24.5 Å². The summed E-state index contributed by atoms with van der Waals surface area (Å²) in [5.74, 6) is -0.498. The molecule has 1 aliphatic heterocycles. The zero-order chi connectivity index (χ0) is 17.6. The highest BCUT2D eigenvalue weighted by molar-refractivity contribution is 6.30. The van der Waals surface area contributed by atoms with Crippen LogP contribution in [0.25, 0.3) is 0 Å². The molecule has 1 saturated heterocycles. The molecule has 0 spiro atoms. The molecule has 0 atom stereocenters. The van der Waals surface area contributed by atoms with Crippen molar-refractivity contribution >= 4 is 28.9 Å². The number of hydrogen-bond acceptors (Lipinski definition) is 4. The Morgan fingerprint density at radius 3 is 2.76 bits per heavy atom. The van der Waals surface area contributed by atoms with Crippen molar-refractivity contribution in [3.8, 4) is 5.75 Å². The molecule has 7 heteroatoms. The van der Waals surface area contributed by atoms with E-state index in [-0.39, 0.29) is 17.5 Å². The number of carbonyl (C=O) groups excluding carboxylic acids is 1. The van der Waals surface area contributed by atoms with Gasteiger partial charge in [-0.25, -0.2) is 4.39 Å². The van der Waals surface area contributed by atoms with Crippen LogP contribution in [-0.2, 0) is 9.53 Å². The highest BCUT2D eigenvalue weighted by Gasteiger charge is 2.16. The highest BCUT2D eigenvalue weighted by atomic mass is 35.5. The third-order valence-corrected chi connectivity index (χ3v) is 4.08. The summed E-state index contributed by atoms with van der Waals surface area (Å²) < 4.78 is 23.9. The van der Waals surface area contributed by atoms with Crippen molar-refractivity contribution in [2.75, 3.05) is 43.1 Å². The standard InChI is InChI=1S/C18H18ClFN2O3/c19-14-11-13(5-6-15(14)20)25-12-18(23)21-16-3-1-2-4-17(16)22-7-9-24-10-8-22/h1-6,11H,7-10,12H2,(H,21,23). The molecule has 1 fully saturated rings. The van der Waals surface area contributed by atoms with E-state index in [9.17, 15) is 9.18 Å². The Labute approximate surface area is 150 Å². The van der Waals surface area contributed by atoms with Crippen LogP contribution in [0, 0.1) is 5.82 Å². The maximum absolute atomic E-state index is 13.1. The van der Waals surface area contributed by atoms with Crippen molar-refractivity contribution in [3.05, 3.63) is 53.3 Å². The van der Waals surface area contributed by atoms with Crippen LogP contribution >= 0.6 is 11.6 Å². The Kier molecular flexibility index (Phi) is 5.73. The third-order valence-electron chi connectivity index (χ3n) is 3.79. The van der Waals surface area contributed by atoms with Crippen LogP contribution in [0.1, 0.15) is 0 Å². The lowest BCUT2D eigenvalue weighted by Crippen LogP contribution is -2.36. The first-order chi connectivity index (χ1) is 12.1. The van der Waals surface area contributed by atoms with Gasteiger partial charge in [0.15, 0.2) is 6.61 Å². The van der Waals surface area contributed by atoms with Gasteiger partial charge in [0.25, 0.3) is 5.91 Å². The fraction of sp³-hybridized carbons (Fsp3) is 0.278. The van der Waals surface area contributed by atoms with Gasteiger partial charge in [-0.05, 0) is 24.3 Å². The lowest BCUT2D eigenvalue weighted by Gasteiger charge is -2.30. The average molecular weight is 365 g/mol. The van der Waals surface area contributed by atoms with Gasteiger partial charge in [-0.3, -0.25) is 4.79 Å². The first-order valence-electron chi connectivity index (χ1n) is 7.93. The molecule has 1 N–H and O–H groups in total. The van der Waals surface area contributed by atoms with Crippen molar-refractivity contribution in [1.82, 2.24) is 0 Å². The van der Waals surface area contributed by atoms with Crippen molar-refractivity contribution < 1.29 is 18.7 Å². The van der Waals surface area contributed by atoms with E-state index < -0.39 is 5.82 Å². The van der Waals surface area contributed by atoms with E-state index >= 15 is 0 Å². The van der Waals surface area contributed by atoms with Crippen LogP contribution in [0.2, 0.25) is 5.02 Å². The minimum absolute atomic E-state index is 0.0458. The molecule has 0 bridgehead atoms. The zero-order valence-electron chi connectivity index (χ0n) is 13.5. The van der Waals surface area contributed by atoms with Gasteiger partial charge in [-0.15, -0.1) is 0 Å². The molecule has 1 aliphatic rings. The maximum atomic E-state index is 13.1. The summed E-state index contributed by atoms with van der Waals surface area (Å²) in [7, 11) is 0. The lowest BCUT2D eigenvalue weighted by molar-refractivity contribution is -0.118. The van der Waals surface area contributed by atoms with Gasteiger partial charge in [-0.1, -0.05) is 23.7 Å². The van der Waals surface area contributed by atoms with Gasteiger partial charge < -0.3 is 19.7 Å². The number of rotatable bonds is 5. The number of para-hydroxylation sites is 2. The summed E-state index contributed by atoms with van der Waals surface area (Å²) in [6.07, 6.45) is 0. The van der Waals surface area contributed by atoms with Gasteiger partial charge >= 0.3 is 0 Å². The molecule has 3 rings (SSSR count). The summed E-state index contributed by atoms with van der Waals surface area (Å²) in [5.41, 5.74) is 1.67. The largest absolute Gasteiger partial charge is 0.484 e. The lowest BCUT2D eigenvalue weighted by atomic mass is 10.2. The Hall–Kier alpha value is -2.31. The topological polar surface area (TPSA) is 50.8 Å². The van der Waals surface area contributed by atoms with Gasteiger partial charge in [0, 0.05) is 19.2 Å². The SMILES string of the molecule is O=C(COc1ccc(F)c(Cl)c1)Nc1ccccc1N1CCOCC1. The van der Waals surface area contributed by atoms with E-state index in [1.165, 1.54) is 18.2 Å². The number of nitrogens with zero attached hydrogens (tertiary/aromatic N) is 1. The molecule has 0 aliphatic carbocycles. The molecule has 5 nitrogen and oxygen atoms in total. The zero-order valence-corrected chi connectivity index (χ0v) is 14.3. The van der Waals surface area contributed by atoms with Gasteiger partial charge in [0.05, 0.1) is 29.6 Å². The second kappa shape index (κ2) is 8.18. The predicted octanol–water partition coefficient (Wildman–Crippen LogP) is 3.33. The Morgan fingerprint density at radius 2 is 2.00 bits per heavy atom. The second-order valence-electron chi connectivity index (χ2n) is 5.53. The summed E-state index contributed by atoms with van der Waals surface area (Å²) in [5, 5.41) is 2.80. The van der Waals surface area contributed by atoms with E-state index in [4.69, 9.17) is 21.1 Å². The van der Waals surface area contributed by atoms with E-state index in [0.29, 0.717) is 19.0 Å². The number of morpholine rings is 1. The van der Waals surface area contributed by atoms with E-state index in [2.05, 4.69) is 10.2 Å². The first-order valence-corrected chi connectivity index (χ1v) is 8.31. The number of halogens is 2. The molecule has 2 aromatic carbocycles. The number of carbonyl (C=O) groups is 1. The molecule has 1 heterocycles. The normalized spacial score (nSPS) is 14.2. The van der Waals surface area contributed by atoms with Crippen LogP contribution in [0.5, 0.6) is 5.75 Å². The monoisotopic (exact) mass is 364 g/mol. The van der Waals surface area contributed by atoms with E-state index in [1.807, 2.05) is 24.3 Å². The molecule has 25 heavy (non-hydrogen) atoms. The van der Waals surface area contributed by atoms with Gasteiger partial charge in [-0.2, -0.15) is 0 Å². The molecular formula is C18H18ClFN2O3. The van der Waals surface area contributed by atoms with Crippen LogP contribution in [-0.4, -0.2) is 38.8 Å². The molecule has 2 aromatic rings. The molecule has 0 unspecified atom stereocenters. The van der Waals surface area contributed by atoms with E-state index in [1.54, 1.807) is 0 Å². The van der Waals surface area contributed by atoms with Crippen molar-refractivity contribution in [2.24, 2.45) is 0 Å². The molecule has 132 valence electrons. The Morgan fingerprint density at radius 1 is 1.24 bits per heavy atom. The first kappa shape index (κ1) is 17.5. The van der Waals surface area contributed by atoms with Crippen LogP contribution in [0.3, 0.4) is 0 Å². The number of benzene rings is 2. The van der Waals surface area contributed by atoms with Crippen molar-refractivity contribution in [2.45, 2.75) is 0 Å². The summed E-state index contributed by atoms with van der Waals surface area (Å²) >= 11 is 5.69. The number of hydrogen-bond donors (Lipinski definition) is 1. The molecule has 0 radical (unpaired) electrons. The van der Waals surface area contributed by atoms with Gasteiger partial charge in [0.1, 0.15) is 11.6 Å². The molecule has 1 amide bonds. The second-order valence-corrected chi connectivity index (χ2v) is 5.94. The summed E-state index contributed by atoms with van der Waals surface area (Å²) in [6, 6.07) is 11.6. The minimum Gasteiger partial charge on any atom is -0.484 e. The number of nitrogens with one attached hydrogen (secondary N) is 1. The predicted molar refractivity (Wildman–Crippen MR) is 95.0 cm³/mol. The number of anilines is 2. The van der Waals surface area contributed by atoms with Crippen molar-refractivity contribution in [3.63, 3.8) is 0 Å². The Bertz CT molecular complexity index is 751. The molecule has 0 saturated carbocycles. The Balaban J connectivity index is 1.61. The van der Waals surface area contributed by atoms with Crippen molar-refractivity contribution in [1.29, 1.82) is 0 Å². The van der Waals surface area contributed by atoms with Crippen LogP contribution in [0.15, 0.2) is 42.5 Å². The fourth-order valence-electron chi connectivity index (χ4n) is 2.56. The maximum Gasteiger partial charge on any atom is 0.262 e. The fourth-order valence-corrected chi connectivity index (χ4v) is 2.73. The smallest absolute Gasteiger partial charge is 0.262 e. The minimum atomic E-state index is -0.530. The molecular weight excluding hydrogens is 347 g/mol. The summed E-state index contributed by atoms with van der Waals surface area (Å²) in [6.45, 7) is 2.68. The quantitative estimate of drug-likeness (QED) is 0.884. The third kappa shape index (κ3) is 4.61. The average Bonchev–Trinajstić information content (AvgIpc) is 2.64. The highest BCUT2D eigenvalue weighted by Crippen LogP contribution is 2.26. The summed E-state index contributed by atoms with van der Waals surface area (Å²) in [4.78, 5) is 14.4. The molecule has 0 aromatic heterocycles. The van der Waals surface area contributed by atoms with Crippen LogP contribution in [0.4, 0.5) is 15.8 Å². The number of ether oxygens (including phenoxy) is 2. The van der Waals surface area contributed by atoms with Gasteiger partial charge in [0.2, 0.25) is 0 Å².